The second-order valence-corrected chi connectivity index (χ2v) is 5.15. The van der Waals surface area contributed by atoms with Crippen molar-refractivity contribution < 1.29 is 9.90 Å². The molecule has 1 aromatic heterocycles. The lowest BCUT2D eigenvalue weighted by atomic mass is 9.96. The Kier molecular flexibility index (Phi) is 6.45. The van der Waals surface area contributed by atoms with Crippen molar-refractivity contribution in [1.29, 1.82) is 0 Å². The lowest BCUT2D eigenvalue weighted by Gasteiger charge is -2.20. The molecular weight excluding hydrogens is 254 g/mol. The highest BCUT2D eigenvalue weighted by Crippen LogP contribution is 2.13. The smallest absolute Gasteiger partial charge is 0.251 e. The molecule has 2 N–H and O–H groups in total. The molecule has 0 spiro atoms. The van der Waals surface area contributed by atoms with Crippen LogP contribution in [0.25, 0.3) is 0 Å². The van der Waals surface area contributed by atoms with Gasteiger partial charge in [-0.05, 0) is 18.1 Å². The van der Waals surface area contributed by atoms with Gasteiger partial charge in [0.25, 0.3) is 5.91 Å². The molecule has 0 aliphatic heterocycles. The van der Waals surface area contributed by atoms with Crippen LogP contribution in [-0.2, 0) is 0 Å². The summed E-state index contributed by atoms with van der Waals surface area (Å²) in [5.41, 5.74) is 0.556. The van der Waals surface area contributed by atoms with Crippen LogP contribution >= 0.6 is 0 Å². The van der Waals surface area contributed by atoms with Crippen LogP contribution in [-0.4, -0.2) is 42.7 Å². The monoisotopic (exact) mass is 279 g/mol. The third-order valence-corrected chi connectivity index (χ3v) is 3.53. The molecule has 0 saturated heterocycles. The Morgan fingerprint density at radius 2 is 2.05 bits per heavy atom. The number of anilines is 1. The average Bonchev–Trinajstić information content (AvgIpc) is 2.46. The Hall–Kier alpha value is -1.62. The summed E-state index contributed by atoms with van der Waals surface area (Å²) in [6.07, 6.45) is 2.94. The minimum absolute atomic E-state index is 0.180. The van der Waals surface area contributed by atoms with Gasteiger partial charge in [0.05, 0.1) is 6.10 Å². The zero-order chi connectivity index (χ0) is 15.1. The molecule has 112 valence electrons. The van der Waals surface area contributed by atoms with Crippen LogP contribution in [0.15, 0.2) is 18.3 Å². The molecule has 0 aliphatic carbocycles. The van der Waals surface area contributed by atoms with Gasteiger partial charge in [-0.2, -0.15) is 0 Å². The molecule has 1 atom stereocenters. The molecule has 20 heavy (non-hydrogen) atoms. The van der Waals surface area contributed by atoms with Crippen LogP contribution in [0.2, 0.25) is 0 Å². The molecule has 0 aromatic carbocycles. The number of carbonyl (C=O) groups excluding carboxylic acids is 1. The van der Waals surface area contributed by atoms with Gasteiger partial charge in [-0.3, -0.25) is 4.79 Å². The molecule has 1 rings (SSSR count). The topological polar surface area (TPSA) is 65.5 Å². The van der Waals surface area contributed by atoms with E-state index in [4.69, 9.17) is 0 Å². The molecule has 0 bridgehead atoms. The van der Waals surface area contributed by atoms with Crippen molar-refractivity contribution in [2.45, 2.75) is 32.8 Å². The summed E-state index contributed by atoms with van der Waals surface area (Å²) in [6, 6.07) is 3.41. The first-order valence-corrected chi connectivity index (χ1v) is 7.09. The summed E-state index contributed by atoms with van der Waals surface area (Å²) in [4.78, 5) is 18.1. The van der Waals surface area contributed by atoms with E-state index in [1.165, 1.54) is 0 Å². The SMILES string of the molecule is CCC(CC)C(O)CNC(=O)c1ccnc(N(C)C)c1. The maximum absolute atomic E-state index is 12.1. The standard InChI is InChI=1S/C15H25N3O2/c1-5-11(6-2)13(19)10-17-15(20)12-7-8-16-14(9-12)18(3)4/h7-9,11,13,19H,5-6,10H2,1-4H3,(H,17,20). The second-order valence-electron chi connectivity index (χ2n) is 5.15. The van der Waals surface area contributed by atoms with E-state index in [1.807, 2.05) is 32.8 Å². The van der Waals surface area contributed by atoms with Crippen LogP contribution in [0.1, 0.15) is 37.0 Å². The molecule has 1 amide bonds. The maximum Gasteiger partial charge on any atom is 0.251 e. The first-order valence-electron chi connectivity index (χ1n) is 7.09. The van der Waals surface area contributed by atoms with E-state index in [0.29, 0.717) is 5.56 Å². The van der Waals surface area contributed by atoms with Gasteiger partial charge < -0.3 is 15.3 Å². The zero-order valence-electron chi connectivity index (χ0n) is 12.8. The van der Waals surface area contributed by atoms with Crippen molar-refractivity contribution in [2.75, 3.05) is 25.5 Å². The van der Waals surface area contributed by atoms with E-state index in [-0.39, 0.29) is 18.4 Å². The van der Waals surface area contributed by atoms with E-state index >= 15 is 0 Å². The first kappa shape index (κ1) is 16.4. The van der Waals surface area contributed by atoms with Crippen LogP contribution < -0.4 is 10.2 Å². The highest BCUT2D eigenvalue weighted by molar-refractivity contribution is 5.94. The van der Waals surface area contributed by atoms with Gasteiger partial charge >= 0.3 is 0 Å². The Morgan fingerprint density at radius 3 is 2.60 bits per heavy atom. The van der Waals surface area contributed by atoms with Crippen molar-refractivity contribution in [3.8, 4) is 0 Å². The number of amides is 1. The number of hydrogen-bond acceptors (Lipinski definition) is 4. The fourth-order valence-corrected chi connectivity index (χ4v) is 2.10. The molecule has 1 heterocycles. The number of aliphatic hydroxyl groups is 1. The van der Waals surface area contributed by atoms with E-state index < -0.39 is 6.10 Å². The third kappa shape index (κ3) is 4.49. The fourth-order valence-electron chi connectivity index (χ4n) is 2.10. The van der Waals surface area contributed by atoms with Gasteiger partial charge in [-0.1, -0.05) is 26.7 Å². The van der Waals surface area contributed by atoms with E-state index in [0.717, 1.165) is 18.7 Å². The summed E-state index contributed by atoms with van der Waals surface area (Å²) in [5, 5.41) is 12.8. The Morgan fingerprint density at radius 1 is 1.40 bits per heavy atom. The summed E-state index contributed by atoms with van der Waals surface area (Å²) >= 11 is 0. The van der Waals surface area contributed by atoms with Crippen LogP contribution in [0, 0.1) is 5.92 Å². The number of carbonyl (C=O) groups is 1. The van der Waals surface area contributed by atoms with Crippen molar-refractivity contribution >= 4 is 11.7 Å². The quantitative estimate of drug-likeness (QED) is 0.797. The predicted molar refractivity (Wildman–Crippen MR) is 81.0 cm³/mol. The molecule has 1 unspecified atom stereocenters. The lowest BCUT2D eigenvalue weighted by Crippen LogP contribution is -2.36. The average molecular weight is 279 g/mol. The van der Waals surface area contributed by atoms with Gasteiger partial charge in [-0.15, -0.1) is 0 Å². The molecular formula is C15H25N3O2. The second kappa shape index (κ2) is 7.85. The van der Waals surface area contributed by atoms with Crippen molar-refractivity contribution in [3.63, 3.8) is 0 Å². The first-order chi connectivity index (χ1) is 9.49. The summed E-state index contributed by atoms with van der Waals surface area (Å²) in [7, 11) is 3.75. The predicted octanol–water partition coefficient (Wildman–Crippen LogP) is 1.67. The molecule has 0 aliphatic rings. The minimum atomic E-state index is -0.496. The minimum Gasteiger partial charge on any atom is -0.391 e. The summed E-state index contributed by atoms with van der Waals surface area (Å²) < 4.78 is 0. The number of aromatic nitrogens is 1. The number of hydrogen-bond donors (Lipinski definition) is 2. The fraction of sp³-hybridized carbons (Fsp3) is 0.600. The van der Waals surface area contributed by atoms with E-state index in [2.05, 4.69) is 10.3 Å². The Bertz CT molecular complexity index is 431. The van der Waals surface area contributed by atoms with Crippen molar-refractivity contribution in [3.05, 3.63) is 23.9 Å². The number of aliphatic hydroxyl groups excluding tert-OH is 1. The van der Waals surface area contributed by atoms with Gasteiger partial charge in [0, 0.05) is 32.4 Å². The maximum atomic E-state index is 12.1. The molecule has 0 radical (unpaired) electrons. The zero-order valence-corrected chi connectivity index (χ0v) is 12.8. The van der Waals surface area contributed by atoms with Gasteiger partial charge in [0.2, 0.25) is 0 Å². The molecule has 0 saturated carbocycles. The van der Waals surface area contributed by atoms with Crippen LogP contribution in [0.3, 0.4) is 0 Å². The summed E-state index contributed by atoms with van der Waals surface area (Å²) in [5.74, 6) is 0.781. The lowest BCUT2D eigenvalue weighted by molar-refractivity contribution is 0.0816. The summed E-state index contributed by atoms with van der Waals surface area (Å²) in [6.45, 7) is 4.38. The van der Waals surface area contributed by atoms with Crippen LogP contribution in [0.4, 0.5) is 5.82 Å². The van der Waals surface area contributed by atoms with Crippen LogP contribution in [0.5, 0.6) is 0 Å². The third-order valence-electron chi connectivity index (χ3n) is 3.53. The van der Waals surface area contributed by atoms with Gasteiger partial charge in [-0.25, -0.2) is 4.98 Å². The number of nitrogens with one attached hydrogen (secondary N) is 1. The molecule has 5 nitrogen and oxygen atoms in total. The largest absolute Gasteiger partial charge is 0.391 e. The van der Waals surface area contributed by atoms with Gasteiger partial charge in [0.1, 0.15) is 5.82 Å². The molecule has 1 aromatic rings. The Balaban J connectivity index is 2.61. The molecule has 0 fully saturated rings. The highest BCUT2D eigenvalue weighted by Gasteiger charge is 2.16. The van der Waals surface area contributed by atoms with Crippen molar-refractivity contribution in [1.82, 2.24) is 10.3 Å². The van der Waals surface area contributed by atoms with Gasteiger partial charge in [0.15, 0.2) is 0 Å². The normalized spacial score (nSPS) is 12.3. The Labute approximate surface area is 121 Å². The van der Waals surface area contributed by atoms with E-state index in [1.54, 1.807) is 18.3 Å². The molecule has 5 heteroatoms. The highest BCUT2D eigenvalue weighted by atomic mass is 16.3. The van der Waals surface area contributed by atoms with Crippen molar-refractivity contribution in [2.24, 2.45) is 5.92 Å². The van der Waals surface area contributed by atoms with E-state index in [9.17, 15) is 9.90 Å². The number of rotatable bonds is 7. The number of nitrogens with zero attached hydrogens (tertiary/aromatic N) is 2. The number of pyridine rings is 1.